The standard InChI is InChI=1S/C15H13Cl2NO/c16-14-7-15(17)18-8-12(14)9-19-13-5-4-10-2-1-3-11(10)6-13/h4-8H,1-3,9H2. The molecule has 0 saturated carbocycles. The summed E-state index contributed by atoms with van der Waals surface area (Å²) in [6, 6.07) is 7.92. The van der Waals surface area contributed by atoms with Crippen molar-refractivity contribution in [1.29, 1.82) is 0 Å². The fraction of sp³-hybridized carbons (Fsp3) is 0.267. The first-order valence-corrected chi connectivity index (χ1v) is 7.02. The second-order valence-electron chi connectivity index (χ2n) is 4.67. The summed E-state index contributed by atoms with van der Waals surface area (Å²) in [6.07, 6.45) is 5.22. The molecule has 1 aliphatic rings. The molecule has 0 saturated heterocycles. The molecule has 0 unspecified atom stereocenters. The van der Waals surface area contributed by atoms with Crippen LogP contribution in [-0.4, -0.2) is 4.98 Å². The molecule has 98 valence electrons. The number of halogens is 2. The number of aromatic nitrogens is 1. The number of hydrogen-bond donors (Lipinski definition) is 0. The Morgan fingerprint density at radius 3 is 2.79 bits per heavy atom. The molecule has 0 bridgehead atoms. The highest BCUT2D eigenvalue weighted by molar-refractivity contribution is 6.34. The van der Waals surface area contributed by atoms with Crippen molar-refractivity contribution in [2.24, 2.45) is 0 Å². The lowest BCUT2D eigenvalue weighted by atomic mass is 10.1. The molecular weight excluding hydrogens is 281 g/mol. The molecule has 0 spiro atoms. The Balaban J connectivity index is 1.72. The van der Waals surface area contributed by atoms with Gasteiger partial charge in [-0.2, -0.15) is 0 Å². The van der Waals surface area contributed by atoms with Crippen LogP contribution in [0.25, 0.3) is 0 Å². The van der Waals surface area contributed by atoms with Gasteiger partial charge in [-0.3, -0.25) is 0 Å². The van der Waals surface area contributed by atoms with E-state index in [2.05, 4.69) is 17.1 Å². The maximum atomic E-state index is 6.09. The van der Waals surface area contributed by atoms with Crippen molar-refractivity contribution in [3.8, 4) is 5.75 Å². The molecule has 0 atom stereocenters. The minimum atomic E-state index is 0.395. The number of pyridine rings is 1. The number of nitrogens with zero attached hydrogens (tertiary/aromatic N) is 1. The molecule has 1 aliphatic carbocycles. The van der Waals surface area contributed by atoms with Gasteiger partial charge in [-0.05, 0) is 48.6 Å². The van der Waals surface area contributed by atoms with Crippen molar-refractivity contribution in [2.45, 2.75) is 25.9 Å². The quantitative estimate of drug-likeness (QED) is 0.780. The van der Waals surface area contributed by atoms with E-state index in [0.717, 1.165) is 17.7 Å². The van der Waals surface area contributed by atoms with E-state index < -0.39 is 0 Å². The lowest BCUT2D eigenvalue weighted by Crippen LogP contribution is -1.98. The maximum absolute atomic E-state index is 6.09. The predicted molar refractivity (Wildman–Crippen MR) is 77.1 cm³/mol. The van der Waals surface area contributed by atoms with Gasteiger partial charge in [0.1, 0.15) is 17.5 Å². The Kier molecular flexibility index (Phi) is 3.63. The number of aryl methyl sites for hydroxylation is 2. The number of ether oxygens (including phenoxy) is 1. The molecule has 1 aromatic carbocycles. The van der Waals surface area contributed by atoms with Gasteiger partial charge in [-0.1, -0.05) is 29.3 Å². The van der Waals surface area contributed by atoms with Crippen molar-refractivity contribution in [2.75, 3.05) is 0 Å². The molecular formula is C15H13Cl2NO. The van der Waals surface area contributed by atoms with Crippen LogP contribution in [-0.2, 0) is 19.4 Å². The van der Waals surface area contributed by atoms with Gasteiger partial charge in [0.05, 0.1) is 5.02 Å². The van der Waals surface area contributed by atoms with E-state index in [0.29, 0.717) is 16.8 Å². The van der Waals surface area contributed by atoms with Gasteiger partial charge in [0.15, 0.2) is 0 Å². The molecule has 0 aliphatic heterocycles. The third kappa shape index (κ3) is 2.85. The number of fused-ring (bicyclic) bond motifs is 1. The summed E-state index contributed by atoms with van der Waals surface area (Å²) in [6.45, 7) is 0.405. The maximum Gasteiger partial charge on any atom is 0.130 e. The van der Waals surface area contributed by atoms with Crippen molar-refractivity contribution < 1.29 is 4.74 Å². The van der Waals surface area contributed by atoms with E-state index in [9.17, 15) is 0 Å². The average molecular weight is 294 g/mol. The molecule has 4 heteroatoms. The molecule has 2 aromatic rings. The second-order valence-corrected chi connectivity index (χ2v) is 5.47. The summed E-state index contributed by atoms with van der Waals surface area (Å²) in [5, 5.41) is 0.979. The first-order chi connectivity index (χ1) is 9.22. The van der Waals surface area contributed by atoms with Gasteiger partial charge >= 0.3 is 0 Å². The SMILES string of the molecule is Clc1cc(Cl)c(COc2ccc3c(c2)CCC3)cn1. The van der Waals surface area contributed by atoms with Crippen LogP contribution < -0.4 is 4.74 Å². The fourth-order valence-corrected chi connectivity index (χ4v) is 2.76. The minimum absolute atomic E-state index is 0.395. The molecule has 2 nitrogen and oxygen atoms in total. The highest BCUT2D eigenvalue weighted by Crippen LogP contribution is 2.27. The van der Waals surface area contributed by atoms with Gasteiger partial charge in [-0.15, -0.1) is 0 Å². The van der Waals surface area contributed by atoms with E-state index in [1.54, 1.807) is 12.3 Å². The van der Waals surface area contributed by atoms with Crippen molar-refractivity contribution in [3.05, 3.63) is 57.3 Å². The minimum Gasteiger partial charge on any atom is -0.489 e. The Bertz CT molecular complexity index is 613. The van der Waals surface area contributed by atoms with Gasteiger partial charge in [0.2, 0.25) is 0 Å². The van der Waals surface area contributed by atoms with E-state index in [-0.39, 0.29) is 0 Å². The van der Waals surface area contributed by atoms with Gasteiger partial charge in [0.25, 0.3) is 0 Å². The summed E-state index contributed by atoms with van der Waals surface area (Å²) in [5.41, 5.74) is 3.68. The van der Waals surface area contributed by atoms with E-state index in [1.165, 1.54) is 24.0 Å². The molecule has 19 heavy (non-hydrogen) atoms. The zero-order valence-corrected chi connectivity index (χ0v) is 11.8. The zero-order valence-electron chi connectivity index (χ0n) is 10.3. The highest BCUT2D eigenvalue weighted by Gasteiger charge is 2.11. The summed E-state index contributed by atoms with van der Waals surface area (Å²) in [7, 11) is 0. The molecule has 1 aromatic heterocycles. The van der Waals surface area contributed by atoms with Crippen LogP contribution in [0, 0.1) is 0 Å². The molecule has 1 heterocycles. The smallest absolute Gasteiger partial charge is 0.130 e. The Labute approximate surface area is 122 Å². The largest absolute Gasteiger partial charge is 0.489 e. The lowest BCUT2D eigenvalue weighted by molar-refractivity contribution is 0.305. The van der Waals surface area contributed by atoms with Crippen LogP contribution in [0.1, 0.15) is 23.1 Å². The van der Waals surface area contributed by atoms with Gasteiger partial charge in [0, 0.05) is 11.8 Å². The summed E-state index contributed by atoms with van der Waals surface area (Å²) >= 11 is 11.8. The average Bonchev–Trinajstić information content (AvgIpc) is 2.85. The van der Waals surface area contributed by atoms with Crippen LogP contribution >= 0.6 is 23.2 Å². The Morgan fingerprint density at radius 2 is 1.95 bits per heavy atom. The van der Waals surface area contributed by atoms with E-state index in [4.69, 9.17) is 27.9 Å². The van der Waals surface area contributed by atoms with Crippen molar-refractivity contribution in [3.63, 3.8) is 0 Å². The number of hydrogen-bond acceptors (Lipinski definition) is 2. The van der Waals surface area contributed by atoms with Crippen LogP contribution in [0.2, 0.25) is 10.2 Å². The van der Waals surface area contributed by atoms with Gasteiger partial charge in [-0.25, -0.2) is 4.98 Å². The van der Waals surface area contributed by atoms with E-state index in [1.807, 2.05) is 6.07 Å². The Morgan fingerprint density at radius 1 is 1.11 bits per heavy atom. The third-order valence-electron chi connectivity index (χ3n) is 3.36. The normalized spacial score (nSPS) is 13.4. The number of benzene rings is 1. The first kappa shape index (κ1) is 12.8. The first-order valence-electron chi connectivity index (χ1n) is 6.27. The predicted octanol–water partition coefficient (Wildman–Crippen LogP) is 4.46. The summed E-state index contributed by atoms with van der Waals surface area (Å²) in [5.74, 6) is 0.881. The molecule has 0 radical (unpaired) electrons. The topological polar surface area (TPSA) is 22.1 Å². The number of rotatable bonds is 3. The Hall–Kier alpha value is -1.25. The third-order valence-corrected chi connectivity index (χ3v) is 3.92. The van der Waals surface area contributed by atoms with Crippen LogP contribution in [0.4, 0.5) is 0 Å². The monoisotopic (exact) mass is 293 g/mol. The van der Waals surface area contributed by atoms with Crippen molar-refractivity contribution in [1.82, 2.24) is 4.98 Å². The van der Waals surface area contributed by atoms with Crippen LogP contribution in [0.3, 0.4) is 0 Å². The lowest BCUT2D eigenvalue weighted by Gasteiger charge is -2.09. The second kappa shape index (κ2) is 5.40. The molecule has 0 fully saturated rings. The fourth-order valence-electron chi connectivity index (χ4n) is 2.34. The van der Waals surface area contributed by atoms with Gasteiger partial charge < -0.3 is 4.74 Å². The summed E-state index contributed by atoms with van der Waals surface area (Å²) in [4.78, 5) is 4.01. The molecule has 0 N–H and O–H groups in total. The van der Waals surface area contributed by atoms with E-state index >= 15 is 0 Å². The van der Waals surface area contributed by atoms with Crippen LogP contribution in [0.15, 0.2) is 30.5 Å². The highest BCUT2D eigenvalue weighted by atomic mass is 35.5. The molecule has 3 rings (SSSR count). The zero-order chi connectivity index (χ0) is 13.2. The summed E-state index contributed by atoms with van der Waals surface area (Å²) < 4.78 is 5.77. The molecule has 0 amide bonds. The van der Waals surface area contributed by atoms with Crippen molar-refractivity contribution >= 4 is 23.2 Å². The van der Waals surface area contributed by atoms with Crippen LogP contribution in [0.5, 0.6) is 5.75 Å².